The van der Waals surface area contributed by atoms with E-state index in [4.69, 9.17) is 5.10 Å². The van der Waals surface area contributed by atoms with Crippen LogP contribution in [0.5, 0.6) is 0 Å². The Bertz CT molecular complexity index is 937. The molecular formula is C24H32N4. The van der Waals surface area contributed by atoms with Crippen molar-refractivity contribution < 1.29 is 0 Å². The molecule has 0 amide bonds. The van der Waals surface area contributed by atoms with Crippen LogP contribution in [0, 0.1) is 6.92 Å². The van der Waals surface area contributed by atoms with Crippen LogP contribution in [-0.2, 0) is 13.5 Å². The number of hydrogen-bond donors (Lipinski definition) is 0. The zero-order chi connectivity index (χ0) is 20.7. The van der Waals surface area contributed by atoms with Crippen LogP contribution in [0.2, 0.25) is 0 Å². The first-order valence-corrected chi connectivity index (χ1v) is 10.2. The highest BCUT2D eigenvalue weighted by atomic mass is 15.3. The van der Waals surface area contributed by atoms with Crippen LogP contribution in [0.1, 0.15) is 50.9 Å². The highest BCUT2D eigenvalue weighted by molar-refractivity contribution is 6.05. The molecule has 2 heterocycles. The second-order valence-corrected chi connectivity index (χ2v) is 6.21. The molecule has 0 aliphatic heterocycles. The first-order chi connectivity index (χ1) is 13.7. The van der Waals surface area contributed by atoms with Crippen molar-refractivity contribution in [2.24, 2.45) is 12.0 Å². The Morgan fingerprint density at radius 3 is 2.25 bits per heavy atom. The van der Waals surface area contributed by atoms with E-state index >= 15 is 0 Å². The lowest BCUT2D eigenvalue weighted by molar-refractivity contribution is 0.743. The van der Waals surface area contributed by atoms with E-state index in [1.807, 2.05) is 71.0 Å². The quantitative estimate of drug-likeness (QED) is 0.561. The lowest BCUT2D eigenvalue weighted by Crippen LogP contribution is -1.94. The van der Waals surface area contributed by atoms with Gasteiger partial charge in [0, 0.05) is 49.0 Å². The van der Waals surface area contributed by atoms with E-state index in [9.17, 15) is 0 Å². The predicted octanol–water partition coefficient (Wildman–Crippen LogP) is 5.88. The SMILES string of the molecule is CC.CC.CN=C1CCc2cc(-c3c(-c4ccncc4)nn(C)c3C)ccc21. The van der Waals surface area contributed by atoms with Crippen molar-refractivity contribution in [1.29, 1.82) is 0 Å². The van der Waals surface area contributed by atoms with Gasteiger partial charge in [0.25, 0.3) is 0 Å². The summed E-state index contributed by atoms with van der Waals surface area (Å²) in [5.74, 6) is 0. The van der Waals surface area contributed by atoms with E-state index in [-0.39, 0.29) is 0 Å². The molecule has 28 heavy (non-hydrogen) atoms. The molecule has 1 aromatic carbocycles. The fourth-order valence-electron chi connectivity index (χ4n) is 3.52. The lowest BCUT2D eigenvalue weighted by atomic mass is 9.96. The van der Waals surface area contributed by atoms with Crippen molar-refractivity contribution in [2.45, 2.75) is 47.5 Å². The molecule has 0 bridgehead atoms. The van der Waals surface area contributed by atoms with Crippen LogP contribution in [0.15, 0.2) is 47.7 Å². The molecule has 4 nitrogen and oxygen atoms in total. The van der Waals surface area contributed by atoms with Crippen LogP contribution >= 0.6 is 0 Å². The Kier molecular flexibility index (Phi) is 7.68. The highest BCUT2D eigenvalue weighted by Gasteiger charge is 2.21. The number of hydrogen-bond acceptors (Lipinski definition) is 3. The molecule has 2 aromatic heterocycles. The third kappa shape index (κ3) is 4.06. The monoisotopic (exact) mass is 376 g/mol. The lowest BCUT2D eigenvalue weighted by Gasteiger charge is -2.08. The Hall–Kier alpha value is -2.75. The molecular weight excluding hydrogens is 344 g/mol. The summed E-state index contributed by atoms with van der Waals surface area (Å²) in [4.78, 5) is 8.53. The van der Waals surface area contributed by atoms with Gasteiger partial charge in [-0.3, -0.25) is 14.7 Å². The number of nitrogens with zero attached hydrogens (tertiary/aromatic N) is 4. The number of aromatic nitrogens is 3. The second-order valence-electron chi connectivity index (χ2n) is 6.21. The molecule has 0 unspecified atom stereocenters. The minimum absolute atomic E-state index is 1.01. The molecule has 0 fully saturated rings. The van der Waals surface area contributed by atoms with Gasteiger partial charge in [-0.1, -0.05) is 45.9 Å². The molecule has 0 atom stereocenters. The second kappa shape index (κ2) is 9.98. The summed E-state index contributed by atoms with van der Waals surface area (Å²) in [5.41, 5.74) is 9.61. The number of benzene rings is 1. The summed E-state index contributed by atoms with van der Waals surface area (Å²) in [7, 11) is 3.88. The largest absolute Gasteiger partial charge is 0.292 e. The maximum absolute atomic E-state index is 4.75. The van der Waals surface area contributed by atoms with E-state index in [1.165, 1.54) is 33.7 Å². The Balaban J connectivity index is 0.000000660. The van der Waals surface area contributed by atoms with Gasteiger partial charge in [0.1, 0.15) is 5.69 Å². The van der Waals surface area contributed by atoms with Gasteiger partial charge in [-0.2, -0.15) is 5.10 Å². The summed E-state index contributed by atoms with van der Waals surface area (Å²) < 4.78 is 1.96. The smallest absolute Gasteiger partial charge is 0.100 e. The molecule has 0 saturated heterocycles. The number of pyridine rings is 1. The molecule has 0 radical (unpaired) electrons. The van der Waals surface area contributed by atoms with Crippen molar-refractivity contribution in [2.75, 3.05) is 7.05 Å². The minimum Gasteiger partial charge on any atom is -0.292 e. The fraction of sp³-hybridized carbons (Fsp3) is 0.375. The first kappa shape index (κ1) is 21.5. The molecule has 148 valence electrons. The van der Waals surface area contributed by atoms with E-state index in [1.54, 1.807) is 0 Å². The summed E-state index contributed by atoms with van der Waals surface area (Å²) in [6.45, 7) is 10.1. The van der Waals surface area contributed by atoms with Gasteiger partial charge in [-0.05, 0) is 48.6 Å². The third-order valence-corrected chi connectivity index (χ3v) is 4.89. The van der Waals surface area contributed by atoms with Crippen LogP contribution in [0.25, 0.3) is 22.4 Å². The molecule has 0 spiro atoms. The zero-order valence-corrected chi connectivity index (χ0v) is 18.2. The Morgan fingerprint density at radius 1 is 0.929 bits per heavy atom. The molecule has 3 aromatic rings. The van der Waals surface area contributed by atoms with E-state index < -0.39 is 0 Å². The van der Waals surface area contributed by atoms with Gasteiger partial charge in [-0.15, -0.1) is 0 Å². The molecule has 1 aliphatic rings. The van der Waals surface area contributed by atoms with Gasteiger partial charge in [-0.25, -0.2) is 0 Å². The van der Waals surface area contributed by atoms with Crippen LogP contribution < -0.4 is 0 Å². The summed E-state index contributed by atoms with van der Waals surface area (Å²) in [6, 6.07) is 10.7. The number of rotatable bonds is 2. The van der Waals surface area contributed by atoms with Crippen molar-refractivity contribution in [3.63, 3.8) is 0 Å². The van der Waals surface area contributed by atoms with Crippen molar-refractivity contribution in [3.8, 4) is 22.4 Å². The van der Waals surface area contributed by atoms with Gasteiger partial charge in [0.2, 0.25) is 0 Å². The summed E-state index contributed by atoms with van der Waals surface area (Å²) >= 11 is 0. The maximum Gasteiger partial charge on any atom is 0.100 e. The molecule has 0 N–H and O–H groups in total. The van der Waals surface area contributed by atoms with E-state index in [0.717, 1.165) is 24.1 Å². The Morgan fingerprint density at radius 2 is 1.61 bits per heavy atom. The predicted molar refractivity (Wildman–Crippen MR) is 120 cm³/mol. The number of aryl methyl sites for hydroxylation is 2. The van der Waals surface area contributed by atoms with Crippen LogP contribution in [0.3, 0.4) is 0 Å². The summed E-state index contributed by atoms with van der Waals surface area (Å²) in [6.07, 6.45) is 5.74. The average Bonchev–Trinajstić information content (AvgIpc) is 3.31. The minimum atomic E-state index is 1.01. The van der Waals surface area contributed by atoms with Crippen molar-refractivity contribution >= 4 is 5.71 Å². The highest BCUT2D eigenvalue weighted by Crippen LogP contribution is 2.36. The van der Waals surface area contributed by atoms with Gasteiger partial charge < -0.3 is 0 Å². The topological polar surface area (TPSA) is 43.1 Å². The standard InChI is InChI=1S/C20H20N4.2C2H6/c1-13-19(20(23-24(13)3)14-8-10-22-11-9-14)16-4-6-17-15(12-16)5-7-18(17)21-2;2*1-2/h4,6,8-12H,5,7H2,1-3H3;2*1-2H3. The zero-order valence-electron chi connectivity index (χ0n) is 18.2. The fourth-order valence-corrected chi connectivity index (χ4v) is 3.52. The van der Waals surface area contributed by atoms with E-state index in [2.05, 4.69) is 35.1 Å². The van der Waals surface area contributed by atoms with Gasteiger partial charge in [0.15, 0.2) is 0 Å². The van der Waals surface area contributed by atoms with Gasteiger partial charge >= 0.3 is 0 Å². The van der Waals surface area contributed by atoms with E-state index in [0.29, 0.717) is 0 Å². The van der Waals surface area contributed by atoms with Crippen LogP contribution in [0.4, 0.5) is 0 Å². The van der Waals surface area contributed by atoms with Crippen LogP contribution in [-0.4, -0.2) is 27.5 Å². The molecule has 0 saturated carbocycles. The van der Waals surface area contributed by atoms with Crippen molar-refractivity contribution in [1.82, 2.24) is 14.8 Å². The molecule has 4 heteroatoms. The first-order valence-electron chi connectivity index (χ1n) is 10.2. The third-order valence-electron chi connectivity index (χ3n) is 4.89. The average molecular weight is 377 g/mol. The van der Waals surface area contributed by atoms with Gasteiger partial charge in [0.05, 0.1) is 0 Å². The molecule has 1 aliphatic carbocycles. The van der Waals surface area contributed by atoms with Crippen molar-refractivity contribution in [3.05, 3.63) is 59.5 Å². The maximum atomic E-state index is 4.75. The summed E-state index contributed by atoms with van der Waals surface area (Å²) in [5, 5.41) is 4.75. The molecule has 4 rings (SSSR count). The Labute approximate surface area is 169 Å². The number of aliphatic imine (C=N–C) groups is 1. The number of fused-ring (bicyclic) bond motifs is 1. The normalized spacial score (nSPS) is 13.3.